The van der Waals surface area contributed by atoms with Gasteiger partial charge in [0.25, 0.3) is 0 Å². The van der Waals surface area contributed by atoms with Gasteiger partial charge in [-0.15, -0.1) is 6.58 Å². The van der Waals surface area contributed by atoms with Gasteiger partial charge in [-0.25, -0.2) is 0 Å². The second-order valence-electron chi connectivity index (χ2n) is 3.50. The molecule has 1 unspecified atom stereocenters. The van der Waals surface area contributed by atoms with E-state index in [0.717, 1.165) is 11.3 Å². The molecular formula is C12H17NO. The van der Waals surface area contributed by atoms with Gasteiger partial charge in [-0.05, 0) is 31.5 Å². The van der Waals surface area contributed by atoms with Gasteiger partial charge in [0.1, 0.15) is 5.75 Å². The third kappa shape index (κ3) is 2.89. The molecule has 2 nitrogen and oxygen atoms in total. The van der Waals surface area contributed by atoms with E-state index in [1.807, 2.05) is 38.1 Å². The smallest absolute Gasteiger partial charge is 0.119 e. The van der Waals surface area contributed by atoms with Crippen molar-refractivity contribution < 1.29 is 4.74 Å². The third-order valence-electron chi connectivity index (χ3n) is 1.89. The molecule has 0 aliphatic rings. The summed E-state index contributed by atoms with van der Waals surface area (Å²) in [5, 5.41) is 0. The lowest BCUT2D eigenvalue weighted by Crippen LogP contribution is -2.07. The van der Waals surface area contributed by atoms with E-state index in [2.05, 4.69) is 6.58 Å². The molecule has 0 aromatic heterocycles. The summed E-state index contributed by atoms with van der Waals surface area (Å²) in [6.45, 7) is 7.66. The molecule has 0 radical (unpaired) electrons. The highest BCUT2D eigenvalue weighted by atomic mass is 16.5. The first kappa shape index (κ1) is 10.8. The van der Waals surface area contributed by atoms with Crippen molar-refractivity contribution in [2.75, 3.05) is 0 Å². The van der Waals surface area contributed by atoms with Gasteiger partial charge in [0.05, 0.1) is 6.10 Å². The maximum Gasteiger partial charge on any atom is 0.119 e. The third-order valence-corrected chi connectivity index (χ3v) is 1.89. The Morgan fingerprint density at radius 3 is 2.29 bits per heavy atom. The zero-order valence-corrected chi connectivity index (χ0v) is 8.73. The fourth-order valence-corrected chi connectivity index (χ4v) is 1.18. The largest absolute Gasteiger partial charge is 0.491 e. The van der Waals surface area contributed by atoms with E-state index in [4.69, 9.17) is 10.5 Å². The summed E-state index contributed by atoms with van der Waals surface area (Å²) in [5.41, 5.74) is 6.84. The number of hydrogen-bond donors (Lipinski definition) is 1. The molecular weight excluding hydrogens is 174 g/mol. The molecule has 0 aliphatic heterocycles. The van der Waals surface area contributed by atoms with Crippen molar-refractivity contribution in [2.45, 2.75) is 26.0 Å². The Morgan fingerprint density at radius 2 is 1.86 bits per heavy atom. The Labute approximate surface area is 85.4 Å². The Hall–Kier alpha value is -1.28. The fraction of sp³-hybridized carbons (Fsp3) is 0.333. The van der Waals surface area contributed by atoms with Crippen LogP contribution in [-0.4, -0.2) is 6.10 Å². The molecule has 1 aromatic carbocycles. The number of benzene rings is 1. The second-order valence-corrected chi connectivity index (χ2v) is 3.50. The van der Waals surface area contributed by atoms with E-state index in [-0.39, 0.29) is 12.1 Å². The minimum absolute atomic E-state index is 0.0944. The number of rotatable bonds is 4. The van der Waals surface area contributed by atoms with Crippen LogP contribution in [0.15, 0.2) is 36.9 Å². The molecule has 0 amide bonds. The highest BCUT2D eigenvalue weighted by molar-refractivity contribution is 5.30. The molecule has 76 valence electrons. The SMILES string of the molecule is C=CC(N)c1ccc(OC(C)C)cc1. The van der Waals surface area contributed by atoms with Gasteiger partial charge < -0.3 is 10.5 Å². The Kier molecular flexibility index (Phi) is 3.72. The van der Waals surface area contributed by atoms with Gasteiger partial charge in [-0.2, -0.15) is 0 Å². The minimum atomic E-state index is -0.0944. The Bertz CT molecular complexity index is 290. The molecule has 0 spiro atoms. The molecule has 1 rings (SSSR count). The fourth-order valence-electron chi connectivity index (χ4n) is 1.18. The molecule has 1 atom stereocenters. The molecule has 2 N–H and O–H groups in total. The molecule has 0 fully saturated rings. The molecule has 0 saturated heterocycles. The molecule has 2 heteroatoms. The first-order chi connectivity index (χ1) is 6.63. The van der Waals surface area contributed by atoms with Crippen LogP contribution in [0.2, 0.25) is 0 Å². The summed E-state index contributed by atoms with van der Waals surface area (Å²) in [6, 6.07) is 7.69. The molecule has 14 heavy (non-hydrogen) atoms. The number of ether oxygens (including phenoxy) is 1. The lowest BCUT2D eigenvalue weighted by Gasteiger charge is -2.11. The molecule has 0 heterocycles. The zero-order chi connectivity index (χ0) is 10.6. The highest BCUT2D eigenvalue weighted by Gasteiger charge is 2.01. The van der Waals surface area contributed by atoms with Crippen LogP contribution in [0.1, 0.15) is 25.5 Å². The van der Waals surface area contributed by atoms with Gasteiger partial charge in [-0.1, -0.05) is 18.2 Å². The summed E-state index contributed by atoms with van der Waals surface area (Å²) >= 11 is 0. The lowest BCUT2D eigenvalue weighted by molar-refractivity contribution is 0.242. The maximum atomic E-state index is 5.79. The normalized spacial score (nSPS) is 12.6. The summed E-state index contributed by atoms with van der Waals surface area (Å²) in [4.78, 5) is 0. The van der Waals surface area contributed by atoms with E-state index in [0.29, 0.717) is 0 Å². The molecule has 1 aromatic rings. The Balaban J connectivity index is 2.73. The van der Waals surface area contributed by atoms with Crippen LogP contribution in [0.4, 0.5) is 0 Å². The van der Waals surface area contributed by atoms with E-state index in [1.54, 1.807) is 6.08 Å². The number of hydrogen-bond acceptors (Lipinski definition) is 2. The topological polar surface area (TPSA) is 35.2 Å². The van der Waals surface area contributed by atoms with Crippen LogP contribution < -0.4 is 10.5 Å². The molecule has 0 bridgehead atoms. The van der Waals surface area contributed by atoms with Gasteiger partial charge >= 0.3 is 0 Å². The van der Waals surface area contributed by atoms with Crippen LogP contribution in [0.3, 0.4) is 0 Å². The van der Waals surface area contributed by atoms with Crippen LogP contribution >= 0.6 is 0 Å². The van der Waals surface area contributed by atoms with Crippen molar-refractivity contribution in [1.29, 1.82) is 0 Å². The molecule has 0 saturated carbocycles. The van der Waals surface area contributed by atoms with Crippen molar-refractivity contribution in [2.24, 2.45) is 5.73 Å². The van der Waals surface area contributed by atoms with E-state index in [1.165, 1.54) is 0 Å². The monoisotopic (exact) mass is 191 g/mol. The van der Waals surface area contributed by atoms with E-state index >= 15 is 0 Å². The van der Waals surface area contributed by atoms with E-state index in [9.17, 15) is 0 Å². The van der Waals surface area contributed by atoms with Gasteiger partial charge in [-0.3, -0.25) is 0 Å². The van der Waals surface area contributed by atoms with Crippen LogP contribution in [-0.2, 0) is 0 Å². The highest BCUT2D eigenvalue weighted by Crippen LogP contribution is 2.17. The summed E-state index contributed by atoms with van der Waals surface area (Å²) in [6.07, 6.45) is 1.92. The van der Waals surface area contributed by atoms with Crippen molar-refractivity contribution >= 4 is 0 Å². The first-order valence-corrected chi connectivity index (χ1v) is 4.78. The standard InChI is InChI=1S/C12H17NO/c1-4-12(13)10-5-7-11(8-6-10)14-9(2)3/h4-9,12H,1,13H2,2-3H3. The van der Waals surface area contributed by atoms with Crippen LogP contribution in [0.5, 0.6) is 5.75 Å². The average molecular weight is 191 g/mol. The van der Waals surface area contributed by atoms with Crippen molar-refractivity contribution in [3.8, 4) is 5.75 Å². The summed E-state index contributed by atoms with van der Waals surface area (Å²) in [5.74, 6) is 0.875. The van der Waals surface area contributed by atoms with Crippen molar-refractivity contribution in [3.05, 3.63) is 42.5 Å². The van der Waals surface area contributed by atoms with Crippen molar-refractivity contribution in [1.82, 2.24) is 0 Å². The zero-order valence-electron chi connectivity index (χ0n) is 8.73. The molecule has 0 aliphatic carbocycles. The van der Waals surface area contributed by atoms with Crippen molar-refractivity contribution in [3.63, 3.8) is 0 Å². The number of nitrogens with two attached hydrogens (primary N) is 1. The average Bonchev–Trinajstić information content (AvgIpc) is 2.17. The predicted molar refractivity (Wildman–Crippen MR) is 59.3 cm³/mol. The summed E-state index contributed by atoms with van der Waals surface area (Å²) in [7, 11) is 0. The minimum Gasteiger partial charge on any atom is -0.491 e. The summed E-state index contributed by atoms with van der Waals surface area (Å²) < 4.78 is 5.52. The van der Waals surface area contributed by atoms with Crippen LogP contribution in [0.25, 0.3) is 0 Å². The van der Waals surface area contributed by atoms with Crippen LogP contribution in [0, 0.1) is 0 Å². The quantitative estimate of drug-likeness (QED) is 0.742. The maximum absolute atomic E-state index is 5.79. The predicted octanol–water partition coefficient (Wildman–Crippen LogP) is 2.66. The van der Waals surface area contributed by atoms with Gasteiger partial charge in [0.15, 0.2) is 0 Å². The Morgan fingerprint density at radius 1 is 1.29 bits per heavy atom. The lowest BCUT2D eigenvalue weighted by atomic mass is 10.1. The first-order valence-electron chi connectivity index (χ1n) is 4.78. The van der Waals surface area contributed by atoms with Gasteiger partial charge in [0.2, 0.25) is 0 Å². The second kappa shape index (κ2) is 4.82. The van der Waals surface area contributed by atoms with Gasteiger partial charge in [0, 0.05) is 6.04 Å². The van der Waals surface area contributed by atoms with E-state index < -0.39 is 0 Å².